The number of nitrogens with zero attached hydrogens (tertiary/aromatic N) is 3. The first-order valence-corrected chi connectivity index (χ1v) is 8.89. The molecule has 1 N–H and O–H groups in total. The Kier molecular flexibility index (Phi) is 4.83. The van der Waals surface area contributed by atoms with Crippen LogP contribution < -0.4 is 5.32 Å². The third-order valence-electron chi connectivity index (χ3n) is 4.83. The monoisotopic (exact) mass is 330 g/mol. The lowest BCUT2D eigenvalue weighted by atomic mass is 9.95. The van der Waals surface area contributed by atoms with Gasteiger partial charge < -0.3 is 10.2 Å². The van der Waals surface area contributed by atoms with E-state index >= 15 is 0 Å². The van der Waals surface area contributed by atoms with Crippen LogP contribution in [0.2, 0.25) is 0 Å². The van der Waals surface area contributed by atoms with Crippen molar-refractivity contribution < 1.29 is 9.59 Å². The summed E-state index contributed by atoms with van der Waals surface area (Å²) in [6, 6.07) is 0. The van der Waals surface area contributed by atoms with Crippen molar-refractivity contribution in [2.45, 2.75) is 52.4 Å². The second kappa shape index (κ2) is 6.87. The molecule has 2 fully saturated rings. The molecule has 0 spiro atoms. The molecular formula is C18H26N4O2. The Balaban J connectivity index is 1.60. The van der Waals surface area contributed by atoms with Gasteiger partial charge >= 0.3 is 0 Å². The van der Waals surface area contributed by atoms with Crippen LogP contribution in [0.15, 0.2) is 6.20 Å². The van der Waals surface area contributed by atoms with Crippen LogP contribution in [0.4, 0.5) is 5.69 Å². The van der Waals surface area contributed by atoms with Crippen molar-refractivity contribution in [1.29, 1.82) is 0 Å². The smallest absolute Gasteiger partial charge is 0.227 e. The zero-order chi connectivity index (χ0) is 17.3. The highest BCUT2D eigenvalue weighted by Gasteiger charge is 2.31. The van der Waals surface area contributed by atoms with Crippen molar-refractivity contribution in [3.63, 3.8) is 0 Å². The predicted molar refractivity (Wildman–Crippen MR) is 91.5 cm³/mol. The molecule has 0 radical (unpaired) electrons. The molecule has 1 saturated carbocycles. The molecule has 1 aliphatic carbocycles. The Morgan fingerprint density at radius 1 is 1.21 bits per heavy atom. The summed E-state index contributed by atoms with van der Waals surface area (Å²) in [6.07, 6.45) is 5.43. The molecule has 0 aromatic carbocycles. The molecule has 6 nitrogen and oxygen atoms in total. The van der Waals surface area contributed by atoms with Gasteiger partial charge in [0.05, 0.1) is 17.6 Å². The van der Waals surface area contributed by atoms with Crippen LogP contribution in [-0.2, 0) is 9.59 Å². The van der Waals surface area contributed by atoms with Crippen LogP contribution in [0.1, 0.15) is 57.0 Å². The second-order valence-electron chi connectivity index (χ2n) is 7.23. The maximum atomic E-state index is 12.6. The summed E-state index contributed by atoms with van der Waals surface area (Å²) in [6.45, 7) is 7.03. The minimum absolute atomic E-state index is 0.0150. The first kappa shape index (κ1) is 16.9. The number of piperidine rings is 1. The standard InChI is InChI=1S/C18H26N4O2/c1-11(2)18(24)22-8-6-14(7-9-22)17(23)21-15-10-19-12(3)20-16(15)13-4-5-13/h10-11,13-14H,4-9H2,1-3H3,(H,21,23). The first-order chi connectivity index (χ1) is 11.5. The van der Waals surface area contributed by atoms with Crippen molar-refractivity contribution in [1.82, 2.24) is 14.9 Å². The van der Waals surface area contributed by atoms with Crippen molar-refractivity contribution in [3.05, 3.63) is 17.7 Å². The van der Waals surface area contributed by atoms with Crippen LogP contribution in [0, 0.1) is 18.8 Å². The van der Waals surface area contributed by atoms with E-state index in [1.807, 2.05) is 25.7 Å². The number of amides is 2. The Morgan fingerprint density at radius 3 is 2.46 bits per heavy atom. The van der Waals surface area contributed by atoms with Crippen LogP contribution in [0.25, 0.3) is 0 Å². The van der Waals surface area contributed by atoms with Gasteiger partial charge in [0.1, 0.15) is 5.82 Å². The molecule has 24 heavy (non-hydrogen) atoms. The lowest BCUT2D eigenvalue weighted by Crippen LogP contribution is -2.43. The molecule has 1 aliphatic heterocycles. The maximum absolute atomic E-state index is 12.6. The van der Waals surface area contributed by atoms with Gasteiger partial charge in [-0.05, 0) is 32.6 Å². The normalized spacial score (nSPS) is 18.8. The van der Waals surface area contributed by atoms with Crippen LogP contribution >= 0.6 is 0 Å². The van der Waals surface area contributed by atoms with E-state index in [1.165, 1.54) is 0 Å². The van der Waals surface area contributed by atoms with E-state index in [-0.39, 0.29) is 23.7 Å². The van der Waals surface area contributed by atoms with Crippen LogP contribution in [0.5, 0.6) is 0 Å². The molecule has 2 aliphatic rings. The fourth-order valence-corrected chi connectivity index (χ4v) is 3.21. The van der Waals surface area contributed by atoms with Gasteiger partial charge in [0.15, 0.2) is 0 Å². The lowest BCUT2D eigenvalue weighted by Gasteiger charge is -2.32. The van der Waals surface area contributed by atoms with E-state index < -0.39 is 0 Å². The lowest BCUT2D eigenvalue weighted by molar-refractivity contribution is -0.137. The summed E-state index contributed by atoms with van der Waals surface area (Å²) in [7, 11) is 0. The van der Waals surface area contributed by atoms with Crippen LogP contribution in [0.3, 0.4) is 0 Å². The molecule has 2 amide bonds. The van der Waals surface area contributed by atoms with Gasteiger partial charge in [0.25, 0.3) is 0 Å². The Morgan fingerprint density at radius 2 is 1.88 bits per heavy atom. The fourth-order valence-electron chi connectivity index (χ4n) is 3.21. The van der Waals surface area contributed by atoms with E-state index in [1.54, 1.807) is 6.20 Å². The summed E-state index contributed by atoms with van der Waals surface area (Å²) in [5.41, 5.74) is 1.73. The number of likely N-dealkylation sites (tertiary alicyclic amines) is 1. The first-order valence-electron chi connectivity index (χ1n) is 8.89. The van der Waals surface area contributed by atoms with E-state index in [0.717, 1.165) is 42.9 Å². The summed E-state index contributed by atoms with van der Waals surface area (Å²) in [5, 5.41) is 3.03. The molecule has 0 bridgehead atoms. The molecule has 1 aromatic rings. The minimum Gasteiger partial charge on any atom is -0.342 e. The van der Waals surface area contributed by atoms with Gasteiger partial charge in [0, 0.05) is 30.8 Å². The van der Waals surface area contributed by atoms with Gasteiger partial charge in [0.2, 0.25) is 11.8 Å². The predicted octanol–water partition coefficient (Wildman–Crippen LogP) is 2.50. The number of nitrogens with one attached hydrogen (secondary N) is 1. The Labute approximate surface area is 143 Å². The number of hydrogen-bond acceptors (Lipinski definition) is 4. The average Bonchev–Trinajstić information content (AvgIpc) is 3.40. The van der Waals surface area contributed by atoms with Crippen molar-refractivity contribution >= 4 is 17.5 Å². The van der Waals surface area contributed by atoms with Crippen molar-refractivity contribution in [2.75, 3.05) is 18.4 Å². The number of hydrogen-bond donors (Lipinski definition) is 1. The van der Waals surface area contributed by atoms with Gasteiger partial charge in [-0.25, -0.2) is 9.97 Å². The Hall–Kier alpha value is -1.98. The Bertz CT molecular complexity index is 632. The maximum Gasteiger partial charge on any atom is 0.227 e. The molecule has 1 saturated heterocycles. The molecule has 130 valence electrons. The van der Waals surface area contributed by atoms with Crippen molar-refractivity contribution in [3.8, 4) is 0 Å². The fraction of sp³-hybridized carbons (Fsp3) is 0.667. The highest BCUT2D eigenvalue weighted by Crippen LogP contribution is 2.42. The van der Waals surface area contributed by atoms with Gasteiger partial charge in [-0.1, -0.05) is 13.8 Å². The quantitative estimate of drug-likeness (QED) is 0.920. The highest BCUT2D eigenvalue weighted by molar-refractivity contribution is 5.93. The zero-order valence-corrected chi connectivity index (χ0v) is 14.7. The molecule has 2 heterocycles. The van der Waals surface area contributed by atoms with Crippen LogP contribution in [-0.4, -0.2) is 39.8 Å². The largest absolute Gasteiger partial charge is 0.342 e. The van der Waals surface area contributed by atoms with E-state index in [4.69, 9.17) is 0 Å². The van der Waals surface area contributed by atoms with Crippen molar-refractivity contribution in [2.24, 2.45) is 11.8 Å². The number of anilines is 1. The van der Waals surface area contributed by atoms with E-state index in [9.17, 15) is 9.59 Å². The third-order valence-corrected chi connectivity index (χ3v) is 4.83. The van der Waals surface area contributed by atoms with Gasteiger partial charge in [-0.2, -0.15) is 0 Å². The van der Waals surface area contributed by atoms with E-state index in [2.05, 4.69) is 15.3 Å². The minimum atomic E-state index is -0.0467. The number of aryl methyl sites for hydroxylation is 1. The SMILES string of the molecule is Cc1ncc(NC(=O)C2CCN(C(=O)C(C)C)CC2)c(C2CC2)n1. The van der Waals surface area contributed by atoms with Gasteiger partial charge in [-0.15, -0.1) is 0 Å². The third kappa shape index (κ3) is 3.74. The summed E-state index contributed by atoms with van der Waals surface area (Å²) in [5.74, 6) is 1.39. The average molecular weight is 330 g/mol. The number of carbonyl (C=O) groups is 2. The zero-order valence-electron chi connectivity index (χ0n) is 14.7. The molecule has 6 heteroatoms. The molecule has 0 atom stereocenters. The summed E-state index contributed by atoms with van der Waals surface area (Å²) >= 11 is 0. The molecular weight excluding hydrogens is 304 g/mol. The summed E-state index contributed by atoms with van der Waals surface area (Å²) < 4.78 is 0. The van der Waals surface area contributed by atoms with E-state index in [0.29, 0.717) is 19.0 Å². The molecule has 3 rings (SSSR count). The number of rotatable bonds is 4. The number of carbonyl (C=O) groups excluding carboxylic acids is 2. The summed E-state index contributed by atoms with van der Waals surface area (Å²) in [4.78, 5) is 35.2. The van der Waals surface area contributed by atoms with Gasteiger partial charge in [-0.3, -0.25) is 9.59 Å². The molecule has 0 unspecified atom stereocenters. The highest BCUT2D eigenvalue weighted by atomic mass is 16.2. The number of aromatic nitrogens is 2. The molecule has 1 aromatic heterocycles. The second-order valence-corrected chi connectivity index (χ2v) is 7.23. The topological polar surface area (TPSA) is 75.2 Å².